The van der Waals surface area contributed by atoms with E-state index in [0.717, 1.165) is 29.3 Å². The molecule has 1 fully saturated rings. The van der Waals surface area contributed by atoms with E-state index in [-0.39, 0.29) is 24.3 Å². The highest BCUT2D eigenvalue weighted by Gasteiger charge is 2.29. The number of phenols is 1. The summed E-state index contributed by atoms with van der Waals surface area (Å²) in [5, 5.41) is 19.3. The zero-order chi connectivity index (χ0) is 14.7. The van der Waals surface area contributed by atoms with Gasteiger partial charge in [0.15, 0.2) is 0 Å². The van der Waals surface area contributed by atoms with Crippen LogP contribution in [0.15, 0.2) is 12.1 Å². The molecule has 1 amide bonds. The maximum Gasteiger partial charge on any atom is 0.258 e. The minimum Gasteiger partial charge on any atom is -0.506 e. The van der Waals surface area contributed by atoms with Gasteiger partial charge in [-0.1, -0.05) is 12.8 Å². The lowest BCUT2D eigenvalue weighted by Gasteiger charge is -2.28. The largest absolute Gasteiger partial charge is 0.506 e. The van der Waals surface area contributed by atoms with Crippen LogP contribution in [-0.2, 0) is 0 Å². The Kier molecular flexibility index (Phi) is 5.91. The third-order valence-electron chi connectivity index (χ3n) is 3.63. The van der Waals surface area contributed by atoms with Crippen LogP contribution in [0.2, 0.25) is 0 Å². The van der Waals surface area contributed by atoms with Gasteiger partial charge in [0.2, 0.25) is 0 Å². The average Bonchev–Trinajstić information content (AvgIpc) is 2.93. The number of nitrogens with zero attached hydrogens (tertiary/aromatic N) is 1. The maximum absolute atomic E-state index is 12.7. The van der Waals surface area contributed by atoms with E-state index in [1.54, 1.807) is 11.0 Å². The van der Waals surface area contributed by atoms with E-state index in [9.17, 15) is 15.0 Å². The number of carbonyl (C=O) groups excluding carboxylic acids is 1. The number of aromatic hydroxyl groups is 1. The lowest BCUT2D eigenvalue weighted by atomic mass is 10.1. The van der Waals surface area contributed by atoms with Gasteiger partial charge in [0, 0.05) is 16.2 Å². The quantitative estimate of drug-likeness (QED) is 0.625. The topological polar surface area (TPSA) is 60.8 Å². The van der Waals surface area contributed by atoms with Gasteiger partial charge >= 0.3 is 0 Å². The number of hydrogen-bond acceptors (Lipinski definition) is 3. The van der Waals surface area contributed by atoms with Crippen molar-refractivity contribution in [3.63, 3.8) is 0 Å². The van der Waals surface area contributed by atoms with Gasteiger partial charge in [0.05, 0.1) is 15.7 Å². The summed E-state index contributed by atoms with van der Waals surface area (Å²) in [5.41, 5.74) is 0.335. The lowest BCUT2D eigenvalue weighted by Crippen LogP contribution is -2.40. The summed E-state index contributed by atoms with van der Waals surface area (Å²) in [6, 6.07) is 3.73. The van der Waals surface area contributed by atoms with Crippen molar-refractivity contribution in [1.29, 1.82) is 0 Å². The van der Waals surface area contributed by atoms with E-state index >= 15 is 0 Å². The predicted molar refractivity (Wildman–Crippen MR) is 93.9 cm³/mol. The van der Waals surface area contributed by atoms with E-state index < -0.39 is 0 Å². The van der Waals surface area contributed by atoms with Crippen molar-refractivity contribution in [2.75, 3.05) is 13.2 Å². The molecule has 0 bridgehead atoms. The van der Waals surface area contributed by atoms with E-state index in [2.05, 4.69) is 22.6 Å². The fourth-order valence-corrected chi connectivity index (χ4v) is 4.50. The maximum atomic E-state index is 12.7. The van der Waals surface area contributed by atoms with Crippen LogP contribution in [0, 0.1) is 7.14 Å². The first-order chi connectivity index (χ1) is 9.54. The summed E-state index contributed by atoms with van der Waals surface area (Å²) in [6.45, 7) is 0.273. The first kappa shape index (κ1) is 16.3. The molecule has 1 aromatic carbocycles. The summed E-state index contributed by atoms with van der Waals surface area (Å²) in [7, 11) is 0. The number of aliphatic hydroxyl groups excluding tert-OH is 1. The Morgan fingerprint density at radius 3 is 2.55 bits per heavy atom. The minimum atomic E-state index is -0.181. The second kappa shape index (κ2) is 7.26. The van der Waals surface area contributed by atoms with Gasteiger partial charge in [-0.2, -0.15) is 0 Å². The number of carbonyl (C=O) groups is 1. The van der Waals surface area contributed by atoms with Gasteiger partial charge in [0.1, 0.15) is 5.75 Å². The fourth-order valence-electron chi connectivity index (χ4n) is 2.66. The molecule has 0 saturated heterocycles. The highest BCUT2D eigenvalue weighted by Crippen LogP contribution is 2.30. The zero-order valence-corrected chi connectivity index (χ0v) is 15.3. The van der Waals surface area contributed by atoms with Gasteiger partial charge in [0.25, 0.3) is 5.91 Å². The Labute approximate surface area is 145 Å². The van der Waals surface area contributed by atoms with Crippen molar-refractivity contribution in [3.05, 3.63) is 24.8 Å². The van der Waals surface area contributed by atoms with Gasteiger partial charge in [-0.3, -0.25) is 4.79 Å². The molecule has 2 N–H and O–H groups in total. The molecule has 0 aliphatic heterocycles. The summed E-state index contributed by atoms with van der Waals surface area (Å²) >= 11 is 4.17. The smallest absolute Gasteiger partial charge is 0.258 e. The Hall–Kier alpha value is -0.0900. The first-order valence-electron chi connectivity index (χ1n) is 6.64. The molecule has 1 aliphatic rings. The average molecular weight is 501 g/mol. The Morgan fingerprint density at radius 1 is 1.30 bits per heavy atom. The minimum absolute atomic E-state index is 0.0388. The van der Waals surface area contributed by atoms with Crippen LogP contribution >= 0.6 is 45.2 Å². The summed E-state index contributed by atoms with van der Waals surface area (Å²) in [4.78, 5) is 14.4. The highest BCUT2D eigenvalue weighted by atomic mass is 127. The second-order valence-corrected chi connectivity index (χ2v) is 7.35. The van der Waals surface area contributed by atoms with Gasteiger partial charge in [-0.25, -0.2) is 0 Å². The van der Waals surface area contributed by atoms with Crippen LogP contribution in [0.5, 0.6) is 5.75 Å². The van der Waals surface area contributed by atoms with Crippen LogP contribution < -0.4 is 0 Å². The Morgan fingerprint density at radius 2 is 1.95 bits per heavy atom. The van der Waals surface area contributed by atoms with Gasteiger partial charge < -0.3 is 15.1 Å². The molecule has 0 radical (unpaired) electrons. The number of amides is 1. The SMILES string of the molecule is O=C(c1cc(I)cc(I)c1O)N(CCO)C1CCCC1. The fraction of sp³-hybridized carbons (Fsp3) is 0.500. The lowest BCUT2D eigenvalue weighted by molar-refractivity contribution is 0.0635. The predicted octanol–water partition coefficient (Wildman–Crippen LogP) is 2.98. The van der Waals surface area contributed by atoms with Crippen LogP contribution in [0.4, 0.5) is 0 Å². The van der Waals surface area contributed by atoms with Crippen molar-refractivity contribution in [2.45, 2.75) is 31.7 Å². The summed E-state index contributed by atoms with van der Waals surface area (Å²) < 4.78 is 1.59. The Balaban J connectivity index is 2.31. The first-order valence-corrected chi connectivity index (χ1v) is 8.80. The molecule has 0 unspecified atom stereocenters. The van der Waals surface area contributed by atoms with E-state index in [4.69, 9.17) is 0 Å². The molecule has 1 saturated carbocycles. The van der Waals surface area contributed by atoms with Crippen molar-refractivity contribution in [2.24, 2.45) is 0 Å². The molecule has 0 heterocycles. The number of benzene rings is 1. The summed E-state index contributed by atoms with van der Waals surface area (Å²) in [6.07, 6.45) is 4.20. The van der Waals surface area contributed by atoms with Crippen LogP contribution in [0.25, 0.3) is 0 Å². The van der Waals surface area contributed by atoms with E-state index in [1.807, 2.05) is 28.7 Å². The van der Waals surface area contributed by atoms with Crippen molar-refractivity contribution >= 4 is 51.1 Å². The third-order valence-corrected chi connectivity index (χ3v) is 5.07. The molecule has 0 atom stereocenters. The molecule has 6 heteroatoms. The number of hydrogen-bond donors (Lipinski definition) is 2. The molecule has 0 aromatic heterocycles. The van der Waals surface area contributed by atoms with Gasteiger partial charge in [-0.05, 0) is 70.2 Å². The van der Waals surface area contributed by atoms with E-state index in [1.165, 1.54) is 0 Å². The third kappa shape index (κ3) is 3.56. The van der Waals surface area contributed by atoms with Crippen molar-refractivity contribution in [1.82, 2.24) is 4.90 Å². The zero-order valence-electron chi connectivity index (χ0n) is 11.0. The second-order valence-electron chi connectivity index (χ2n) is 4.94. The van der Waals surface area contributed by atoms with E-state index in [0.29, 0.717) is 15.7 Å². The standard InChI is InChI=1S/C14H17I2NO3/c15-9-7-11(13(19)12(16)8-9)14(20)17(5-6-18)10-3-1-2-4-10/h7-8,10,18-19H,1-6H2. The molecule has 1 aliphatic carbocycles. The number of phenolic OH excluding ortho intramolecular Hbond substituents is 1. The molecule has 20 heavy (non-hydrogen) atoms. The van der Waals surface area contributed by atoms with Crippen LogP contribution in [-0.4, -0.2) is 40.2 Å². The highest BCUT2D eigenvalue weighted by molar-refractivity contribution is 14.1. The summed E-state index contributed by atoms with van der Waals surface area (Å²) in [5.74, 6) is -0.142. The normalized spacial score (nSPS) is 15.6. The number of rotatable bonds is 4. The number of aliphatic hydroxyl groups is 1. The molecule has 2 rings (SSSR count). The Bertz CT molecular complexity index is 501. The molecule has 110 valence electrons. The molecule has 0 spiro atoms. The van der Waals surface area contributed by atoms with Crippen molar-refractivity contribution < 1.29 is 15.0 Å². The molecular weight excluding hydrogens is 484 g/mol. The van der Waals surface area contributed by atoms with Crippen LogP contribution in [0.3, 0.4) is 0 Å². The monoisotopic (exact) mass is 501 g/mol. The molecule has 1 aromatic rings. The molecule has 4 nitrogen and oxygen atoms in total. The van der Waals surface area contributed by atoms with Gasteiger partial charge in [-0.15, -0.1) is 0 Å². The van der Waals surface area contributed by atoms with Crippen molar-refractivity contribution in [3.8, 4) is 5.75 Å². The van der Waals surface area contributed by atoms with Crippen LogP contribution in [0.1, 0.15) is 36.0 Å². The number of halogens is 2. The molecular formula is C14H17I2NO3.